The van der Waals surface area contributed by atoms with Gasteiger partial charge in [-0.1, -0.05) is 41.1 Å². The lowest BCUT2D eigenvalue weighted by Crippen LogP contribution is -2.28. The summed E-state index contributed by atoms with van der Waals surface area (Å²) >= 11 is 3.54. The second-order valence-electron chi connectivity index (χ2n) is 4.44. The van der Waals surface area contributed by atoms with Crippen LogP contribution in [-0.2, 0) is 11.3 Å². The summed E-state index contributed by atoms with van der Waals surface area (Å²) in [5.41, 5.74) is 6.39. The molecule has 1 aromatic carbocycles. The van der Waals surface area contributed by atoms with E-state index in [1.807, 2.05) is 18.2 Å². The zero-order valence-electron chi connectivity index (χ0n) is 10.8. The Hall–Kier alpha value is -0.870. The van der Waals surface area contributed by atoms with Crippen molar-refractivity contribution in [2.24, 2.45) is 5.73 Å². The molecule has 0 spiro atoms. The van der Waals surface area contributed by atoms with Gasteiger partial charge in [0.15, 0.2) is 0 Å². The van der Waals surface area contributed by atoms with E-state index < -0.39 is 0 Å². The van der Waals surface area contributed by atoms with Crippen LogP contribution in [0.3, 0.4) is 0 Å². The minimum absolute atomic E-state index is 0.212. The molecule has 1 amide bonds. The quantitative estimate of drug-likeness (QED) is 0.775. The van der Waals surface area contributed by atoms with Gasteiger partial charge in [0.05, 0.1) is 0 Å². The fourth-order valence-electron chi connectivity index (χ4n) is 1.87. The van der Waals surface area contributed by atoms with Crippen LogP contribution in [0.15, 0.2) is 28.7 Å². The minimum Gasteiger partial charge on any atom is -0.370 e. The van der Waals surface area contributed by atoms with Gasteiger partial charge in [-0.05, 0) is 30.9 Å². The average Bonchev–Trinajstić information content (AvgIpc) is 2.35. The lowest BCUT2D eigenvalue weighted by molar-refractivity contribution is -0.118. The molecule has 0 heterocycles. The SMILES string of the molecule is CCC(CCCC(N)=O)NCc1ccccc1Br. The van der Waals surface area contributed by atoms with Gasteiger partial charge in [-0.25, -0.2) is 0 Å². The molecule has 1 aromatic rings. The molecule has 100 valence electrons. The van der Waals surface area contributed by atoms with Gasteiger partial charge < -0.3 is 11.1 Å². The number of benzene rings is 1. The topological polar surface area (TPSA) is 55.1 Å². The molecule has 1 rings (SSSR count). The normalized spacial score (nSPS) is 12.3. The van der Waals surface area contributed by atoms with Gasteiger partial charge in [0.1, 0.15) is 0 Å². The molecule has 0 aliphatic rings. The number of hydrogen-bond donors (Lipinski definition) is 2. The Labute approximate surface area is 117 Å². The smallest absolute Gasteiger partial charge is 0.217 e. The van der Waals surface area contributed by atoms with E-state index in [4.69, 9.17) is 5.73 Å². The van der Waals surface area contributed by atoms with Crippen LogP contribution >= 0.6 is 15.9 Å². The first-order valence-electron chi connectivity index (χ1n) is 6.38. The number of carbonyl (C=O) groups is 1. The van der Waals surface area contributed by atoms with Gasteiger partial charge in [0, 0.05) is 23.5 Å². The third kappa shape index (κ3) is 5.65. The molecule has 0 aliphatic heterocycles. The molecule has 3 nitrogen and oxygen atoms in total. The highest BCUT2D eigenvalue weighted by atomic mass is 79.9. The first-order valence-corrected chi connectivity index (χ1v) is 7.18. The van der Waals surface area contributed by atoms with Crippen molar-refractivity contribution in [3.05, 3.63) is 34.3 Å². The van der Waals surface area contributed by atoms with Crippen LogP contribution < -0.4 is 11.1 Å². The third-order valence-electron chi connectivity index (χ3n) is 3.01. The number of nitrogens with two attached hydrogens (primary N) is 1. The molecule has 18 heavy (non-hydrogen) atoms. The van der Waals surface area contributed by atoms with Crippen LogP contribution in [0.4, 0.5) is 0 Å². The molecule has 4 heteroatoms. The number of primary amides is 1. The first kappa shape index (κ1) is 15.2. The number of hydrogen-bond acceptors (Lipinski definition) is 2. The Morgan fingerprint density at radius 2 is 2.17 bits per heavy atom. The Balaban J connectivity index is 2.35. The minimum atomic E-state index is -0.212. The van der Waals surface area contributed by atoms with E-state index >= 15 is 0 Å². The maximum absolute atomic E-state index is 10.7. The maximum atomic E-state index is 10.7. The highest BCUT2D eigenvalue weighted by Crippen LogP contribution is 2.16. The molecule has 0 bridgehead atoms. The average molecular weight is 313 g/mol. The van der Waals surface area contributed by atoms with Crippen LogP contribution in [0, 0.1) is 0 Å². The molecule has 0 aliphatic carbocycles. The lowest BCUT2D eigenvalue weighted by atomic mass is 10.1. The van der Waals surface area contributed by atoms with Gasteiger partial charge in [-0.3, -0.25) is 4.79 Å². The van der Waals surface area contributed by atoms with E-state index in [-0.39, 0.29) is 5.91 Å². The summed E-state index contributed by atoms with van der Waals surface area (Å²) in [5, 5.41) is 3.52. The molecular weight excluding hydrogens is 292 g/mol. The van der Waals surface area contributed by atoms with Crippen molar-refractivity contribution < 1.29 is 4.79 Å². The van der Waals surface area contributed by atoms with E-state index in [2.05, 4.69) is 34.2 Å². The molecular formula is C14H21BrN2O. The van der Waals surface area contributed by atoms with E-state index in [1.54, 1.807) is 0 Å². The highest BCUT2D eigenvalue weighted by Gasteiger charge is 2.07. The first-order chi connectivity index (χ1) is 8.63. The second-order valence-corrected chi connectivity index (χ2v) is 5.29. The summed E-state index contributed by atoms with van der Waals surface area (Å²) < 4.78 is 1.13. The fourth-order valence-corrected chi connectivity index (χ4v) is 2.29. The third-order valence-corrected chi connectivity index (χ3v) is 3.78. The predicted octanol–water partition coefficient (Wildman–Crippen LogP) is 2.97. The summed E-state index contributed by atoms with van der Waals surface area (Å²) in [4.78, 5) is 10.7. The summed E-state index contributed by atoms with van der Waals surface area (Å²) in [7, 11) is 0. The van der Waals surface area contributed by atoms with Crippen LogP contribution in [0.5, 0.6) is 0 Å². The van der Waals surface area contributed by atoms with Crippen molar-refractivity contribution in [1.29, 1.82) is 0 Å². The summed E-state index contributed by atoms with van der Waals surface area (Å²) in [6.07, 6.45) is 3.39. The summed E-state index contributed by atoms with van der Waals surface area (Å²) in [6.45, 7) is 3.00. The monoisotopic (exact) mass is 312 g/mol. The van der Waals surface area contributed by atoms with Crippen LogP contribution in [0.2, 0.25) is 0 Å². The fraction of sp³-hybridized carbons (Fsp3) is 0.500. The van der Waals surface area contributed by atoms with Crippen LogP contribution in [0.25, 0.3) is 0 Å². The molecule has 0 saturated carbocycles. The Bertz CT molecular complexity index is 382. The molecule has 0 aromatic heterocycles. The van der Waals surface area contributed by atoms with Crippen molar-refractivity contribution in [2.75, 3.05) is 0 Å². The van der Waals surface area contributed by atoms with Gasteiger partial charge in [0.2, 0.25) is 5.91 Å². The molecule has 1 atom stereocenters. The number of carbonyl (C=O) groups excluding carboxylic acids is 1. The van der Waals surface area contributed by atoms with E-state index in [1.165, 1.54) is 5.56 Å². The molecule has 0 saturated heterocycles. The summed E-state index contributed by atoms with van der Waals surface area (Å²) in [5.74, 6) is -0.212. The Kier molecular flexibility index (Phi) is 6.98. The van der Waals surface area contributed by atoms with Crippen molar-refractivity contribution in [3.8, 4) is 0 Å². The maximum Gasteiger partial charge on any atom is 0.217 e. The standard InChI is InChI=1S/C14H21BrN2O/c1-2-12(7-5-9-14(16)18)17-10-11-6-3-4-8-13(11)15/h3-4,6,8,12,17H,2,5,7,9-10H2,1H3,(H2,16,18). The lowest BCUT2D eigenvalue weighted by Gasteiger charge is -2.17. The second kappa shape index (κ2) is 8.27. The van der Waals surface area contributed by atoms with E-state index in [9.17, 15) is 4.79 Å². The number of nitrogens with one attached hydrogen (secondary N) is 1. The van der Waals surface area contributed by atoms with Crippen molar-refractivity contribution in [2.45, 2.75) is 45.2 Å². The number of halogens is 1. The molecule has 3 N–H and O–H groups in total. The van der Waals surface area contributed by atoms with Gasteiger partial charge in [-0.15, -0.1) is 0 Å². The predicted molar refractivity (Wildman–Crippen MR) is 78.1 cm³/mol. The largest absolute Gasteiger partial charge is 0.370 e. The van der Waals surface area contributed by atoms with Crippen LogP contribution in [-0.4, -0.2) is 11.9 Å². The zero-order chi connectivity index (χ0) is 13.4. The van der Waals surface area contributed by atoms with Crippen LogP contribution in [0.1, 0.15) is 38.2 Å². The van der Waals surface area contributed by atoms with Gasteiger partial charge in [-0.2, -0.15) is 0 Å². The molecule has 1 unspecified atom stereocenters. The molecule has 0 fully saturated rings. The van der Waals surface area contributed by atoms with E-state index in [0.717, 1.165) is 30.3 Å². The number of amides is 1. The molecule has 0 radical (unpaired) electrons. The Morgan fingerprint density at radius 1 is 1.44 bits per heavy atom. The van der Waals surface area contributed by atoms with Gasteiger partial charge in [0.25, 0.3) is 0 Å². The van der Waals surface area contributed by atoms with Crippen molar-refractivity contribution in [1.82, 2.24) is 5.32 Å². The highest BCUT2D eigenvalue weighted by molar-refractivity contribution is 9.10. The summed E-state index contributed by atoms with van der Waals surface area (Å²) in [6, 6.07) is 8.64. The number of rotatable bonds is 8. The van der Waals surface area contributed by atoms with Crippen molar-refractivity contribution >= 4 is 21.8 Å². The van der Waals surface area contributed by atoms with Crippen molar-refractivity contribution in [3.63, 3.8) is 0 Å². The zero-order valence-corrected chi connectivity index (χ0v) is 12.4. The van der Waals surface area contributed by atoms with E-state index in [0.29, 0.717) is 12.5 Å². The Morgan fingerprint density at radius 3 is 2.78 bits per heavy atom. The van der Waals surface area contributed by atoms with Gasteiger partial charge >= 0.3 is 0 Å².